The van der Waals surface area contributed by atoms with Gasteiger partial charge in [0.15, 0.2) is 0 Å². The lowest BCUT2D eigenvalue weighted by Crippen LogP contribution is -2.13. The van der Waals surface area contributed by atoms with Gasteiger partial charge in [-0.3, -0.25) is 4.79 Å². The highest BCUT2D eigenvalue weighted by molar-refractivity contribution is 6.08. The fraction of sp³-hybridized carbons (Fsp3) is 0. The largest absolute Gasteiger partial charge is 0.507 e. The van der Waals surface area contributed by atoms with Gasteiger partial charge in [0.05, 0.1) is 0 Å². The van der Waals surface area contributed by atoms with Crippen molar-refractivity contribution in [3.63, 3.8) is 0 Å². The van der Waals surface area contributed by atoms with Gasteiger partial charge >= 0.3 is 5.97 Å². The highest BCUT2D eigenvalue weighted by Crippen LogP contribution is 2.28. The summed E-state index contributed by atoms with van der Waals surface area (Å²) in [6, 6.07) is 7.29. The van der Waals surface area contributed by atoms with Crippen LogP contribution in [0.25, 0.3) is 0 Å². The molecule has 0 aliphatic rings. The quantitative estimate of drug-likeness (QED) is 0.548. The van der Waals surface area contributed by atoms with E-state index in [2.05, 4.69) is 5.32 Å². The molecule has 0 spiro atoms. The Morgan fingerprint density at radius 3 is 2.10 bits per heavy atom. The van der Waals surface area contributed by atoms with Crippen molar-refractivity contribution in [1.29, 1.82) is 0 Å². The summed E-state index contributed by atoms with van der Waals surface area (Å²) in [5.41, 5.74) is -0.616. The van der Waals surface area contributed by atoms with Gasteiger partial charge < -0.3 is 25.7 Å². The molecule has 0 saturated heterocycles. The molecule has 0 aliphatic carbocycles. The molecule has 1 amide bonds. The average molecular weight is 289 g/mol. The lowest BCUT2D eigenvalue weighted by Gasteiger charge is -2.09. The van der Waals surface area contributed by atoms with Crippen LogP contribution in [0.3, 0.4) is 0 Å². The third kappa shape index (κ3) is 2.86. The van der Waals surface area contributed by atoms with Crippen LogP contribution < -0.4 is 5.32 Å². The molecule has 21 heavy (non-hydrogen) atoms. The Labute approximate surface area is 118 Å². The van der Waals surface area contributed by atoms with Gasteiger partial charge in [0, 0.05) is 5.69 Å². The number of phenols is 3. The maximum atomic E-state index is 12.0. The summed E-state index contributed by atoms with van der Waals surface area (Å²) in [5, 5.41) is 39.7. The highest BCUT2D eigenvalue weighted by Gasteiger charge is 2.17. The van der Waals surface area contributed by atoms with Gasteiger partial charge in [0.1, 0.15) is 28.4 Å². The van der Waals surface area contributed by atoms with E-state index >= 15 is 0 Å². The van der Waals surface area contributed by atoms with E-state index in [1.165, 1.54) is 24.3 Å². The summed E-state index contributed by atoms with van der Waals surface area (Å²) in [7, 11) is 0. The summed E-state index contributed by atoms with van der Waals surface area (Å²) in [6.07, 6.45) is 0. The van der Waals surface area contributed by atoms with Crippen molar-refractivity contribution in [2.24, 2.45) is 0 Å². The number of carbonyl (C=O) groups is 2. The first-order chi connectivity index (χ1) is 9.90. The molecule has 0 bridgehead atoms. The molecule has 0 atom stereocenters. The first-order valence-electron chi connectivity index (χ1n) is 5.78. The van der Waals surface area contributed by atoms with E-state index in [-0.39, 0.29) is 16.8 Å². The third-order valence-electron chi connectivity index (χ3n) is 2.73. The van der Waals surface area contributed by atoms with Crippen molar-refractivity contribution in [1.82, 2.24) is 0 Å². The van der Waals surface area contributed by atoms with Crippen molar-refractivity contribution in [2.45, 2.75) is 0 Å². The highest BCUT2D eigenvalue weighted by atomic mass is 16.4. The van der Waals surface area contributed by atoms with Gasteiger partial charge in [-0.2, -0.15) is 0 Å². The van der Waals surface area contributed by atoms with Gasteiger partial charge in [-0.25, -0.2) is 4.79 Å². The van der Waals surface area contributed by atoms with Crippen molar-refractivity contribution in [3.8, 4) is 17.2 Å². The summed E-state index contributed by atoms with van der Waals surface area (Å²) >= 11 is 0. The fourth-order valence-electron chi connectivity index (χ4n) is 1.74. The lowest BCUT2D eigenvalue weighted by molar-refractivity contribution is 0.0693. The van der Waals surface area contributed by atoms with E-state index in [1.54, 1.807) is 0 Å². The molecule has 5 N–H and O–H groups in total. The van der Waals surface area contributed by atoms with E-state index in [0.717, 1.165) is 12.1 Å². The predicted octanol–water partition coefficient (Wildman–Crippen LogP) is 1.75. The summed E-state index contributed by atoms with van der Waals surface area (Å²) in [4.78, 5) is 22.9. The molecule has 0 saturated carbocycles. The molecular formula is C14H11NO6. The van der Waals surface area contributed by atoms with E-state index < -0.39 is 29.1 Å². The van der Waals surface area contributed by atoms with Crippen LogP contribution in [-0.4, -0.2) is 32.3 Å². The lowest BCUT2D eigenvalue weighted by atomic mass is 10.1. The molecule has 7 heteroatoms. The maximum Gasteiger partial charge on any atom is 0.339 e. The molecule has 0 aromatic heterocycles. The number of hydrogen-bond acceptors (Lipinski definition) is 5. The number of amides is 1. The van der Waals surface area contributed by atoms with Crippen molar-refractivity contribution in [2.75, 3.05) is 5.32 Å². The zero-order chi connectivity index (χ0) is 15.6. The van der Waals surface area contributed by atoms with Gasteiger partial charge in [0.25, 0.3) is 5.91 Å². The van der Waals surface area contributed by atoms with E-state index in [9.17, 15) is 24.9 Å². The molecule has 2 aromatic carbocycles. The van der Waals surface area contributed by atoms with Gasteiger partial charge in [-0.05, 0) is 30.3 Å². The molecule has 108 valence electrons. The van der Waals surface area contributed by atoms with Gasteiger partial charge in [0.2, 0.25) is 0 Å². The van der Waals surface area contributed by atoms with Crippen LogP contribution in [-0.2, 0) is 0 Å². The number of carboxylic acids is 1. The van der Waals surface area contributed by atoms with E-state index in [0.29, 0.717) is 0 Å². The number of rotatable bonds is 3. The monoisotopic (exact) mass is 289 g/mol. The van der Waals surface area contributed by atoms with Crippen LogP contribution >= 0.6 is 0 Å². The molecular weight excluding hydrogens is 278 g/mol. The van der Waals surface area contributed by atoms with Crippen LogP contribution in [0.15, 0.2) is 36.4 Å². The van der Waals surface area contributed by atoms with Crippen LogP contribution in [0.5, 0.6) is 17.2 Å². The zero-order valence-corrected chi connectivity index (χ0v) is 10.6. The number of aromatic hydroxyl groups is 3. The molecule has 7 nitrogen and oxygen atoms in total. The van der Waals surface area contributed by atoms with Gasteiger partial charge in [-0.1, -0.05) is 6.07 Å². The number of phenolic OH excluding ortho intramolecular Hbond substituents is 2. The summed E-state index contributed by atoms with van der Waals surface area (Å²) in [5.74, 6) is -3.43. The number of hydrogen-bond donors (Lipinski definition) is 5. The zero-order valence-electron chi connectivity index (χ0n) is 10.6. The molecule has 0 unspecified atom stereocenters. The number of benzene rings is 2. The maximum absolute atomic E-state index is 12.0. The van der Waals surface area contributed by atoms with Crippen LogP contribution in [0.4, 0.5) is 5.69 Å². The molecule has 0 radical (unpaired) electrons. The van der Waals surface area contributed by atoms with Crippen LogP contribution in [0, 0.1) is 0 Å². The normalized spacial score (nSPS) is 10.1. The summed E-state index contributed by atoms with van der Waals surface area (Å²) in [6.45, 7) is 0. The minimum absolute atomic E-state index is 0.0952. The van der Waals surface area contributed by atoms with Crippen LogP contribution in [0.1, 0.15) is 20.7 Å². The molecule has 0 aliphatic heterocycles. The first kappa shape index (κ1) is 14.2. The smallest absolute Gasteiger partial charge is 0.339 e. The molecule has 2 rings (SSSR count). The number of carbonyl (C=O) groups excluding carboxylic acids is 1. The topological polar surface area (TPSA) is 127 Å². The Hall–Kier alpha value is -3.22. The average Bonchev–Trinajstić information content (AvgIpc) is 2.40. The Bertz CT molecular complexity index is 705. The Balaban J connectivity index is 2.32. The van der Waals surface area contributed by atoms with Gasteiger partial charge in [-0.15, -0.1) is 0 Å². The molecule has 0 fully saturated rings. The molecule has 2 aromatic rings. The number of anilines is 1. The minimum Gasteiger partial charge on any atom is -0.507 e. The van der Waals surface area contributed by atoms with Crippen molar-refractivity contribution in [3.05, 3.63) is 47.5 Å². The Kier molecular flexibility index (Phi) is 3.66. The van der Waals surface area contributed by atoms with Crippen LogP contribution in [0.2, 0.25) is 0 Å². The fourth-order valence-corrected chi connectivity index (χ4v) is 1.74. The summed E-state index contributed by atoms with van der Waals surface area (Å²) < 4.78 is 0. The number of nitrogens with one attached hydrogen (secondary N) is 1. The van der Waals surface area contributed by atoms with Crippen molar-refractivity contribution >= 4 is 17.6 Å². The minimum atomic E-state index is -1.35. The standard InChI is InChI=1S/C14H11NO6/c16-9-5-4-7(6-8(9)14(20)21)15-13(19)12-10(17)2-1-3-11(12)18/h1-6,16-18H,(H,15,19)(H,20,21). The Morgan fingerprint density at radius 2 is 1.52 bits per heavy atom. The first-order valence-corrected chi connectivity index (χ1v) is 5.78. The second-order valence-electron chi connectivity index (χ2n) is 4.16. The molecule has 0 heterocycles. The van der Waals surface area contributed by atoms with Crippen molar-refractivity contribution < 1.29 is 30.0 Å². The second-order valence-corrected chi connectivity index (χ2v) is 4.16. The Morgan fingerprint density at radius 1 is 0.905 bits per heavy atom. The van der Waals surface area contributed by atoms with E-state index in [4.69, 9.17) is 5.11 Å². The number of carboxylic acid groups (broad SMARTS) is 1. The number of aromatic carboxylic acids is 1. The predicted molar refractivity (Wildman–Crippen MR) is 72.8 cm³/mol. The second kappa shape index (κ2) is 5.41. The SMILES string of the molecule is O=C(O)c1cc(NC(=O)c2c(O)cccc2O)ccc1O. The van der Waals surface area contributed by atoms with E-state index in [1.807, 2.05) is 0 Å². The third-order valence-corrected chi connectivity index (χ3v) is 2.73.